The normalized spacial score (nSPS) is 13.6. The largest absolute Gasteiger partial charge is 0.483 e. The van der Waals surface area contributed by atoms with Crippen LogP contribution in [0.25, 0.3) is 6.08 Å². The summed E-state index contributed by atoms with van der Waals surface area (Å²) in [4.78, 5) is 64.3. The number of carbonyl (C=O) groups is 4. The van der Waals surface area contributed by atoms with Crippen LogP contribution in [0.5, 0.6) is 5.75 Å². The van der Waals surface area contributed by atoms with Gasteiger partial charge in [-0.2, -0.15) is 0 Å². The average Bonchev–Trinajstić information content (AvgIpc) is 3.26. The molecule has 15 heteroatoms. The van der Waals surface area contributed by atoms with E-state index in [-0.39, 0.29) is 32.7 Å². The van der Waals surface area contributed by atoms with Crippen LogP contribution in [0.15, 0.2) is 65.6 Å². The fourth-order valence-electron chi connectivity index (χ4n) is 4.29. The number of benzene rings is 3. The second kappa shape index (κ2) is 14.7. The van der Waals surface area contributed by atoms with E-state index in [0.717, 1.165) is 16.7 Å². The maximum atomic E-state index is 13.4. The van der Waals surface area contributed by atoms with Crippen molar-refractivity contribution in [3.8, 4) is 5.75 Å². The first kappa shape index (κ1) is 33.0. The van der Waals surface area contributed by atoms with E-state index in [1.165, 1.54) is 42.5 Å². The van der Waals surface area contributed by atoms with Gasteiger partial charge in [-0.25, -0.2) is 4.39 Å². The number of anilines is 3. The predicted octanol–water partition coefficient (Wildman–Crippen LogP) is 5.93. The Labute approximate surface area is 266 Å². The fourth-order valence-corrected chi connectivity index (χ4v) is 5.30. The Morgan fingerprint density at radius 3 is 2.44 bits per heavy atom. The van der Waals surface area contributed by atoms with Crippen LogP contribution in [0.1, 0.15) is 19.4 Å². The topological polar surface area (TPSA) is 151 Å². The summed E-state index contributed by atoms with van der Waals surface area (Å²) in [7, 11) is 0. The van der Waals surface area contributed by atoms with E-state index in [4.69, 9.17) is 16.3 Å². The van der Waals surface area contributed by atoms with Crippen molar-refractivity contribution < 1.29 is 33.2 Å². The van der Waals surface area contributed by atoms with Gasteiger partial charge in [0.05, 0.1) is 14.9 Å². The van der Waals surface area contributed by atoms with E-state index in [2.05, 4.69) is 10.6 Å². The molecular weight excluding hydrogens is 629 g/mol. The van der Waals surface area contributed by atoms with Crippen LogP contribution in [-0.2, 0) is 14.4 Å². The molecule has 45 heavy (non-hydrogen) atoms. The Morgan fingerprint density at radius 1 is 1.04 bits per heavy atom. The van der Waals surface area contributed by atoms with Crippen LogP contribution in [0.2, 0.25) is 5.02 Å². The molecule has 4 rings (SSSR count). The van der Waals surface area contributed by atoms with Gasteiger partial charge in [0.15, 0.2) is 6.61 Å². The van der Waals surface area contributed by atoms with Gasteiger partial charge in [0.2, 0.25) is 5.91 Å². The number of nitrogens with one attached hydrogen (secondary N) is 2. The smallest absolute Gasteiger partial charge is 0.294 e. The predicted molar refractivity (Wildman–Crippen MR) is 170 cm³/mol. The molecule has 12 nitrogen and oxygen atoms in total. The summed E-state index contributed by atoms with van der Waals surface area (Å²) >= 11 is 6.38. The summed E-state index contributed by atoms with van der Waals surface area (Å²) < 4.78 is 19.3. The standard InChI is InChI=1S/C30H27ClFN5O7S/c1-3-35(4-2)21-10-8-18(25(15-21)44-17-28(39)34-19-6-5-7-22(13-19)37(42)43)12-26-29(40)36(30(41)45-26)16-27(38)33-20-9-11-24(32)23(31)14-20/h5-15H,3-4,16-17H2,1-2H3,(H,33,38)(H,34,39)/b26-12+. The second-order valence-corrected chi connectivity index (χ2v) is 10.9. The van der Waals surface area contributed by atoms with Crippen LogP contribution < -0.4 is 20.3 Å². The van der Waals surface area contributed by atoms with Crippen molar-refractivity contribution in [2.75, 3.05) is 41.8 Å². The van der Waals surface area contributed by atoms with Gasteiger partial charge in [-0.15, -0.1) is 0 Å². The van der Waals surface area contributed by atoms with Gasteiger partial charge >= 0.3 is 0 Å². The number of halogens is 2. The molecule has 0 saturated carbocycles. The molecular formula is C30H27ClFN5O7S. The van der Waals surface area contributed by atoms with Crippen molar-refractivity contribution in [3.05, 3.63) is 92.1 Å². The lowest BCUT2D eigenvalue weighted by Crippen LogP contribution is -2.36. The van der Waals surface area contributed by atoms with Crippen molar-refractivity contribution in [3.63, 3.8) is 0 Å². The maximum absolute atomic E-state index is 13.4. The van der Waals surface area contributed by atoms with Crippen molar-refractivity contribution >= 4 is 75.1 Å². The molecule has 1 fully saturated rings. The van der Waals surface area contributed by atoms with Gasteiger partial charge in [0.1, 0.15) is 18.1 Å². The van der Waals surface area contributed by atoms with E-state index in [1.807, 2.05) is 18.7 Å². The van der Waals surface area contributed by atoms with E-state index < -0.39 is 46.9 Å². The first-order valence-corrected chi connectivity index (χ1v) is 14.7. The molecule has 0 bridgehead atoms. The molecule has 0 radical (unpaired) electrons. The highest BCUT2D eigenvalue weighted by Gasteiger charge is 2.36. The molecule has 1 aliphatic rings. The molecule has 1 aliphatic heterocycles. The van der Waals surface area contributed by atoms with Crippen molar-refractivity contribution in [2.45, 2.75) is 13.8 Å². The Hall–Kier alpha value is -4.95. The summed E-state index contributed by atoms with van der Waals surface area (Å²) in [5.41, 5.74) is 1.41. The number of amides is 4. The number of nitrogens with zero attached hydrogens (tertiary/aromatic N) is 3. The lowest BCUT2D eigenvalue weighted by atomic mass is 10.1. The first-order valence-electron chi connectivity index (χ1n) is 13.5. The third-order valence-corrected chi connectivity index (χ3v) is 7.69. The maximum Gasteiger partial charge on any atom is 0.294 e. The van der Waals surface area contributed by atoms with Crippen LogP contribution in [0, 0.1) is 15.9 Å². The molecule has 3 aromatic rings. The van der Waals surface area contributed by atoms with E-state index in [1.54, 1.807) is 18.2 Å². The van der Waals surface area contributed by atoms with Crippen LogP contribution >= 0.6 is 23.4 Å². The quantitative estimate of drug-likeness (QED) is 0.137. The van der Waals surface area contributed by atoms with Gasteiger partial charge in [-0.05, 0) is 68.1 Å². The number of nitro benzene ring substituents is 1. The molecule has 3 aromatic carbocycles. The number of nitro groups is 1. The third kappa shape index (κ3) is 8.37. The van der Waals surface area contributed by atoms with E-state index in [9.17, 15) is 33.7 Å². The Morgan fingerprint density at radius 2 is 1.76 bits per heavy atom. The van der Waals surface area contributed by atoms with Crippen LogP contribution in [0.3, 0.4) is 0 Å². The third-order valence-electron chi connectivity index (χ3n) is 6.49. The van der Waals surface area contributed by atoms with Crippen LogP contribution in [-0.4, -0.2) is 59.0 Å². The molecule has 0 unspecified atom stereocenters. The molecule has 1 saturated heterocycles. The Bertz CT molecular complexity index is 1700. The lowest BCUT2D eigenvalue weighted by molar-refractivity contribution is -0.384. The second-order valence-electron chi connectivity index (χ2n) is 9.48. The van der Waals surface area contributed by atoms with Crippen molar-refractivity contribution in [1.29, 1.82) is 0 Å². The number of hydrogen-bond donors (Lipinski definition) is 2. The molecule has 0 aliphatic carbocycles. The van der Waals surface area contributed by atoms with Crippen LogP contribution in [0.4, 0.5) is 31.9 Å². The Kier molecular flexibility index (Phi) is 10.8. The zero-order valence-corrected chi connectivity index (χ0v) is 25.6. The van der Waals surface area contributed by atoms with Gasteiger partial charge < -0.3 is 20.3 Å². The molecule has 2 N–H and O–H groups in total. The van der Waals surface area contributed by atoms with Crippen molar-refractivity contribution in [1.82, 2.24) is 4.90 Å². The highest BCUT2D eigenvalue weighted by atomic mass is 35.5. The number of carbonyl (C=O) groups excluding carboxylic acids is 4. The van der Waals surface area contributed by atoms with Gasteiger partial charge in [-0.3, -0.25) is 34.2 Å². The number of thioether (sulfide) groups is 1. The first-order chi connectivity index (χ1) is 21.5. The van der Waals surface area contributed by atoms with Crippen molar-refractivity contribution in [2.24, 2.45) is 0 Å². The van der Waals surface area contributed by atoms with Gasteiger partial charge in [0, 0.05) is 53.9 Å². The minimum Gasteiger partial charge on any atom is -0.483 e. The number of non-ortho nitro benzene ring substituents is 1. The van der Waals surface area contributed by atoms with Gasteiger partial charge in [-0.1, -0.05) is 17.7 Å². The number of imide groups is 1. The fraction of sp³-hybridized carbons (Fsp3) is 0.200. The number of rotatable bonds is 12. The SMILES string of the molecule is CCN(CC)c1ccc(/C=C2/SC(=O)N(CC(=O)Nc3ccc(F)c(Cl)c3)C2=O)c(OCC(=O)Nc2cccc([N+](=O)[O-])c2)c1. The molecule has 234 valence electrons. The summed E-state index contributed by atoms with van der Waals surface area (Å²) in [6.45, 7) is 4.28. The lowest BCUT2D eigenvalue weighted by Gasteiger charge is -2.22. The number of hydrogen-bond acceptors (Lipinski definition) is 9. The van der Waals surface area contributed by atoms with E-state index in [0.29, 0.717) is 30.4 Å². The summed E-state index contributed by atoms with van der Waals surface area (Å²) in [6, 6.07) is 14.2. The number of ether oxygens (including phenoxy) is 1. The average molecular weight is 656 g/mol. The minimum absolute atomic E-state index is 0.0270. The highest BCUT2D eigenvalue weighted by Crippen LogP contribution is 2.35. The minimum atomic E-state index is -0.709. The zero-order chi connectivity index (χ0) is 32.7. The summed E-state index contributed by atoms with van der Waals surface area (Å²) in [6.07, 6.45) is 1.43. The molecule has 1 heterocycles. The summed E-state index contributed by atoms with van der Waals surface area (Å²) in [5.74, 6) is -2.40. The monoisotopic (exact) mass is 655 g/mol. The highest BCUT2D eigenvalue weighted by molar-refractivity contribution is 8.18. The Balaban J connectivity index is 1.51. The molecule has 4 amide bonds. The molecule has 0 atom stereocenters. The van der Waals surface area contributed by atoms with Gasteiger partial charge in [0.25, 0.3) is 22.7 Å². The molecule has 0 spiro atoms. The van der Waals surface area contributed by atoms with E-state index >= 15 is 0 Å². The molecule has 0 aromatic heterocycles. The zero-order valence-electron chi connectivity index (χ0n) is 24.0. The summed E-state index contributed by atoms with van der Waals surface area (Å²) in [5, 5.41) is 15.2.